The van der Waals surface area contributed by atoms with Crippen molar-refractivity contribution >= 4 is 11.8 Å². The molecule has 1 aliphatic rings. The fourth-order valence-electron chi connectivity index (χ4n) is 3.53. The van der Waals surface area contributed by atoms with E-state index in [0.717, 1.165) is 19.0 Å². The molecule has 0 saturated carbocycles. The van der Waals surface area contributed by atoms with Crippen LogP contribution in [0.5, 0.6) is 0 Å². The zero-order valence-electron chi connectivity index (χ0n) is 16.5. The molecule has 2 amide bonds. The van der Waals surface area contributed by atoms with E-state index in [1.807, 2.05) is 32.0 Å². The van der Waals surface area contributed by atoms with Gasteiger partial charge in [0.2, 0.25) is 11.8 Å². The highest BCUT2D eigenvalue weighted by atomic mass is 16.2. The van der Waals surface area contributed by atoms with Crippen molar-refractivity contribution in [3.05, 3.63) is 35.9 Å². The molecule has 0 aromatic heterocycles. The molecule has 0 aliphatic carbocycles. The van der Waals surface area contributed by atoms with Crippen LogP contribution < -0.4 is 10.6 Å². The summed E-state index contributed by atoms with van der Waals surface area (Å²) in [5.41, 5.74) is 1.22. The van der Waals surface area contributed by atoms with Crippen LogP contribution in [0.2, 0.25) is 0 Å². The van der Waals surface area contributed by atoms with Gasteiger partial charge in [-0.25, -0.2) is 0 Å². The van der Waals surface area contributed by atoms with E-state index in [4.69, 9.17) is 0 Å². The van der Waals surface area contributed by atoms with Crippen LogP contribution in [0.25, 0.3) is 0 Å². The van der Waals surface area contributed by atoms with Crippen LogP contribution in [0.4, 0.5) is 0 Å². The van der Waals surface area contributed by atoms with E-state index in [9.17, 15) is 9.59 Å². The highest BCUT2D eigenvalue weighted by Gasteiger charge is 2.27. The molecule has 1 aromatic carbocycles. The number of hydrogen-bond acceptors (Lipinski definition) is 3. The number of carbonyl (C=O) groups excluding carboxylic acids is 2. The number of rotatable bonds is 7. The van der Waals surface area contributed by atoms with Crippen LogP contribution in [-0.4, -0.2) is 42.4 Å². The first kappa shape index (κ1) is 20.4. The number of carbonyl (C=O) groups is 2. The second-order valence-corrected chi connectivity index (χ2v) is 7.81. The van der Waals surface area contributed by atoms with Gasteiger partial charge in [0.25, 0.3) is 0 Å². The third-order valence-corrected chi connectivity index (χ3v) is 5.22. The summed E-state index contributed by atoms with van der Waals surface area (Å²) in [4.78, 5) is 26.5. The highest BCUT2D eigenvalue weighted by Crippen LogP contribution is 2.26. The van der Waals surface area contributed by atoms with Crippen LogP contribution in [-0.2, 0) is 9.59 Å². The normalized spacial score (nSPS) is 18.3. The van der Waals surface area contributed by atoms with E-state index in [1.165, 1.54) is 25.3 Å². The van der Waals surface area contributed by atoms with Crippen molar-refractivity contribution in [2.45, 2.75) is 52.6 Å². The molecular formula is C21H33N3O2. The molecule has 2 atom stereocenters. The molecule has 5 nitrogen and oxygen atoms in total. The van der Waals surface area contributed by atoms with Gasteiger partial charge in [0, 0.05) is 13.5 Å². The zero-order chi connectivity index (χ0) is 19.1. The van der Waals surface area contributed by atoms with E-state index in [0.29, 0.717) is 6.54 Å². The first-order valence-electron chi connectivity index (χ1n) is 9.72. The average molecular weight is 360 g/mol. The topological polar surface area (TPSA) is 61.4 Å². The van der Waals surface area contributed by atoms with Gasteiger partial charge < -0.3 is 10.6 Å². The summed E-state index contributed by atoms with van der Waals surface area (Å²) >= 11 is 0. The summed E-state index contributed by atoms with van der Waals surface area (Å²) in [6.07, 6.45) is 2.38. The summed E-state index contributed by atoms with van der Waals surface area (Å²) in [7, 11) is 0. The maximum Gasteiger partial charge on any atom is 0.242 e. The Bertz CT molecular complexity index is 580. The Hall–Kier alpha value is -1.88. The quantitative estimate of drug-likeness (QED) is 0.787. The average Bonchev–Trinajstić information content (AvgIpc) is 2.61. The third-order valence-electron chi connectivity index (χ3n) is 5.22. The van der Waals surface area contributed by atoms with E-state index in [1.54, 1.807) is 0 Å². The van der Waals surface area contributed by atoms with E-state index >= 15 is 0 Å². The van der Waals surface area contributed by atoms with E-state index in [-0.39, 0.29) is 23.8 Å². The number of benzene rings is 1. The Balaban J connectivity index is 2.06. The molecule has 26 heavy (non-hydrogen) atoms. The van der Waals surface area contributed by atoms with Crippen LogP contribution in [0.3, 0.4) is 0 Å². The van der Waals surface area contributed by atoms with Crippen molar-refractivity contribution in [2.24, 2.45) is 11.8 Å². The van der Waals surface area contributed by atoms with Crippen molar-refractivity contribution < 1.29 is 9.59 Å². The lowest BCUT2D eigenvalue weighted by Crippen LogP contribution is -2.51. The van der Waals surface area contributed by atoms with Gasteiger partial charge in [-0.15, -0.1) is 0 Å². The molecule has 2 unspecified atom stereocenters. The van der Waals surface area contributed by atoms with Gasteiger partial charge in [0.05, 0.1) is 6.04 Å². The molecule has 144 valence electrons. The zero-order valence-corrected chi connectivity index (χ0v) is 16.5. The van der Waals surface area contributed by atoms with Crippen LogP contribution >= 0.6 is 0 Å². The minimum Gasteiger partial charge on any atom is -0.352 e. The van der Waals surface area contributed by atoms with Crippen molar-refractivity contribution in [3.8, 4) is 0 Å². The molecule has 0 radical (unpaired) electrons. The van der Waals surface area contributed by atoms with Crippen LogP contribution in [0.1, 0.15) is 52.1 Å². The fraction of sp³-hybridized carbons (Fsp3) is 0.619. The van der Waals surface area contributed by atoms with Gasteiger partial charge in [-0.1, -0.05) is 51.1 Å². The SMILES string of the molecule is CC(=O)NC(C(=O)NCC(c1ccccc1)N1CCC(C)CC1)C(C)C. The monoisotopic (exact) mass is 359 g/mol. The summed E-state index contributed by atoms with van der Waals surface area (Å²) in [6, 6.07) is 10.0. The largest absolute Gasteiger partial charge is 0.352 e. The van der Waals surface area contributed by atoms with Crippen molar-refractivity contribution in [1.82, 2.24) is 15.5 Å². The van der Waals surface area contributed by atoms with Crippen molar-refractivity contribution in [3.63, 3.8) is 0 Å². The van der Waals surface area contributed by atoms with Crippen molar-refractivity contribution in [1.29, 1.82) is 0 Å². The second-order valence-electron chi connectivity index (χ2n) is 7.81. The summed E-state index contributed by atoms with van der Waals surface area (Å²) in [6.45, 7) is 10.3. The summed E-state index contributed by atoms with van der Waals surface area (Å²) in [5.74, 6) is 0.525. The predicted octanol–water partition coefficient (Wildman–Crippen LogP) is 2.74. The molecule has 2 rings (SSSR count). The molecule has 0 bridgehead atoms. The van der Waals surface area contributed by atoms with E-state index in [2.05, 4.69) is 34.6 Å². The Labute approximate surface area is 157 Å². The molecular weight excluding hydrogens is 326 g/mol. The smallest absolute Gasteiger partial charge is 0.242 e. The number of nitrogens with zero attached hydrogens (tertiary/aromatic N) is 1. The molecule has 1 aliphatic heterocycles. The van der Waals surface area contributed by atoms with Gasteiger partial charge in [-0.3, -0.25) is 14.5 Å². The molecule has 1 fully saturated rings. The number of piperidine rings is 1. The number of nitrogens with one attached hydrogen (secondary N) is 2. The van der Waals surface area contributed by atoms with Gasteiger partial charge in [-0.2, -0.15) is 0 Å². The first-order chi connectivity index (χ1) is 12.4. The van der Waals surface area contributed by atoms with Crippen LogP contribution in [0.15, 0.2) is 30.3 Å². The minimum absolute atomic E-state index is 0.0462. The minimum atomic E-state index is -0.495. The predicted molar refractivity (Wildman–Crippen MR) is 105 cm³/mol. The maximum atomic E-state index is 12.6. The molecule has 1 heterocycles. The molecule has 1 aromatic rings. The Morgan fingerprint density at radius 1 is 1.15 bits per heavy atom. The summed E-state index contributed by atoms with van der Waals surface area (Å²) in [5, 5.41) is 5.84. The standard InChI is InChI=1S/C21H33N3O2/c1-15(2)20(23-17(4)25)21(26)22-14-19(18-8-6-5-7-9-18)24-12-10-16(3)11-13-24/h5-9,15-16,19-20H,10-14H2,1-4H3,(H,22,26)(H,23,25). The summed E-state index contributed by atoms with van der Waals surface area (Å²) < 4.78 is 0. The van der Waals surface area contributed by atoms with Crippen LogP contribution in [0, 0.1) is 11.8 Å². The lowest BCUT2D eigenvalue weighted by Gasteiger charge is -2.37. The maximum absolute atomic E-state index is 12.6. The van der Waals surface area contributed by atoms with Crippen molar-refractivity contribution in [2.75, 3.05) is 19.6 Å². The lowest BCUT2D eigenvalue weighted by molar-refractivity contribution is -0.129. The molecule has 2 N–H and O–H groups in total. The number of hydrogen-bond donors (Lipinski definition) is 2. The molecule has 5 heteroatoms. The number of likely N-dealkylation sites (tertiary alicyclic amines) is 1. The Morgan fingerprint density at radius 3 is 2.31 bits per heavy atom. The van der Waals surface area contributed by atoms with Gasteiger partial charge >= 0.3 is 0 Å². The lowest BCUT2D eigenvalue weighted by atomic mass is 9.95. The molecule has 1 saturated heterocycles. The molecule has 0 spiro atoms. The Morgan fingerprint density at radius 2 is 1.77 bits per heavy atom. The fourth-order valence-corrected chi connectivity index (χ4v) is 3.53. The first-order valence-corrected chi connectivity index (χ1v) is 9.72. The van der Waals surface area contributed by atoms with Gasteiger partial charge in [0.15, 0.2) is 0 Å². The second kappa shape index (κ2) is 9.72. The van der Waals surface area contributed by atoms with Gasteiger partial charge in [0.1, 0.15) is 6.04 Å². The Kier molecular flexibility index (Phi) is 7.64. The van der Waals surface area contributed by atoms with Gasteiger partial charge in [-0.05, 0) is 43.3 Å². The number of amides is 2. The highest BCUT2D eigenvalue weighted by molar-refractivity contribution is 5.87. The van der Waals surface area contributed by atoms with E-state index < -0.39 is 6.04 Å². The third kappa shape index (κ3) is 5.84.